The fraction of sp³-hybridized carbons (Fsp3) is 0.600. The minimum atomic E-state index is 0.157. The Kier molecular flexibility index (Phi) is 5.60. The number of hydrogen-bond donors (Lipinski definition) is 2. The molecule has 2 N–H and O–H groups in total. The highest BCUT2D eigenvalue weighted by Crippen LogP contribution is 2.10. The fourth-order valence-corrected chi connectivity index (χ4v) is 1.50. The zero-order chi connectivity index (χ0) is 11.1. The van der Waals surface area contributed by atoms with Crippen LogP contribution < -0.4 is 5.32 Å². The van der Waals surface area contributed by atoms with Crippen molar-refractivity contribution in [1.29, 1.82) is 0 Å². The summed E-state index contributed by atoms with van der Waals surface area (Å²) in [7, 11) is 0. The summed E-state index contributed by atoms with van der Waals surface area (Å²) in [5, 5.41) is 12.7. The van der Waals surface area contributed by atoms with Gasteiger partial charge in [-0.15, -0.1) is 0 Å². The largest absolute Gasteiger partial charge is 0.396 e. The Morgan fingerprint density at radius 3 is 2.60 bits per heavy atom. The van der Waals surface area contributed by atoms with E-state index >= 15 is 0 Å². The van der Waals surface area contributed by atoms with E-state index in [0.29, 0.717) is 11.8 Å². The molecule has 0 unspecified atom stereocenters. The first-order valence-electron chi connectivity index (χ1n) is 5.00. The van der Waals surface area contributed by atoms with E-state index in [0.717, 1.165) is 17.3 Å². The van der Waals surface area contributed by atoms with E-state index < -0.39 is 0 Å². The van der Waals surface area contributed by atoms with E-state index in [2.05, 4.69) is 29.1 Å². The van der Waals surface area contributed by atoms with Crippen LogP contribution in [0.2, 0.25) is 0 Å². The molecule has 0 saturated carbocycles. The van der Waals surface area contributed by atoms with E-state index in [1.807, 2.05) is 12.4 Å². The molecule has 84 valence electrons. The molecule has 4 nitrogen and oxygen atoms in total. The van der Waals surface area contributed by atoms with Crippen LogP contribution >= 0.6 is 11.8 Å². The third kappa shape index (κ3) is 5.11. The summed E-state index contributed by atoms with van der Waals surface area (Å²) in [4.78, 5) is 8.39. The van der Waals surface area contributed by atoms with Crippen molar-refractivity contribution in [3.8, 4) is 0 Å². The number of nitrogens with zero attached hydrogens (tertiary/aromatic N) is 2. The summed E-state index contributed by atoms with van der Waals surface area (Å²) < 4.78 is 0. The van der Waals surface area contributed by atoms with Gasteiger partial charge in [-0.2, -0.15) is 0 Å². The highest BCUT2D eigenvalue weighted by Gasteiger charge is 1.99. The summed E-state index contributed by atoms with van der Waals surface area (Å²) in [5.41, 5.74) is 1.08. The maximum absolute atomic E-state index is 8.64. The number of aliphatic hydroxyl groups excluding tert-OH is 1. The number of aromatic nitrogens is 2. The van der Waals surface area contributed by atoms with Gasteiger partial charge in [0, 0.05) is 36.3 Å². The van der Waals surface area contributed by atoms with Crippen molar-refractivity contribution in [1.82, 2.24) is 15.3 Å². The molecule has 0 saturated heterocycles. The van der Waals surface area contributed by atoms with Gasteiger partial charge in [0.15, 0.2) is 5.16 Å². The van der Waals surface area contributed by atoms with Gasteiger partial charge in [0.25, 0.3) is 0 Å². The van der Waals surface area contributed by atoms with Gasteiger partial charge in [-0.1, -0.05) is 25.6 Å². The van der Waals surface area contributed by atoms with E-state index in [4.69, 9.17) is 5.11 Å². The average Bonchev–Trinajstić information content (AvgIpc) is 2.25. The molecule has 1 rings (SSSR count). The first kappa shape index (κ1) is 12.4. The number of hydrogen-bond acceptors (Lipinski definition) is 5. The van der Waals surface area contributed by atoms with Crippen LogP contribution in [-0.2, 0) is 6.54 Å². The van der Waals surface area contributed by atoms with Gasteiger partial charge in [0.2, 0.25) is 0 Å². The maximum Gasteiger partial charge on any atom is 0.187 e. The van der Waals surface area contributed by atoms with Gasteiger partial charge in [0.1, 0.15) is 0 Å². The lowest BCUT2D eigenvalue weighted by Gasteiger charge is -2.07. The van der Waals surface area contributed by atoms with Crippen molar-refractivity contribution in [2.24, 2.45) is 0 Å². The molecule has 15 heavy (non-hydrogen) atoms. The second kappa shape index (κ2) is 6.76. The highest BCUT2D eigenvalue weighted by molar-refractivity contribution is 7.99. The van der Waals surface area contributed by atoms with Crippen LogP contribution in [-0.4, -0.2) is 33.5 Å². The second-order valence-corrected chi connectivity index (χ2v) is 4.54. The van der Waals surface area contributed by atoms with Crippen molar-refractivity contribution in [3.63, 3.8) is 0 Å². The van der Waals surface area contributed by atoms with Crippen LogP contribution in [0.1, 0.15) is 19.4 Å². The van der Waals surface area contributed by atoms with Gasteiger partial charge in [-0.05, 0) is 0 Å². The monoisotopic (exact) mass is 227 g/mol. The smallest absolute Gasteiger partial charge is 0.187 e. The first-order chi connectivity index (χ1) is 7.22. The molecule has 1 aromatic heterocycles. The summed E-state index contributed by atoms with van der Waals surface area (Å²) in [6, 6.07) is 0.466. The predicted octanol–water partition coefficient (Wildman–Crippen LogP) is 1.06. The molecule has 0 aliphatic heterocycles. The van der Waals surface area contributed by atoms with Gasteiger partial charge >= 0.3 is 0 Å². The van der Waals surface area contributed by atoms with Crippen LogP contribution in [0.3, 0.4) is 0 Å². The summed E-state index contributed by atoms with van der Waals surface area (Å²) in [5.74, 6) is 0.642. The van der Waals surface area contributed by atoms with Crippen LogP contribution in [0, 0.1) is 0 Å². The molecule has 0 fully saturated rings. The van der Waals surface area contributed by atoms with Gasteiger partial charge in [-0.25, -0.2) is 9.97 Å². The van der Waals surface area contributed by atoms with E-state index in [9.17, 15) is 0 Å². The van der Waals surface area contributed by atoms with Crippen molar-refractivity contribution in [3.05, 3.63) is 18.0 Å². The fourth-order valence-electron chi connectivity index (χ4n) is 0.968. The van der Waals surface area contributed by atoms with E-state index in [-0.39, 0.29) is 6.61 Å². The molecule has 0 aromatic carbocycles. The number of rotatable bonds is 6. The third-order valence-corrected chi connectivity index (χ3v) is 2.57. The number of aliphatic hydroxyl groups is 1. The maximum atomic E-state index is 8.64. The number of nitrogens with one attached hydrogen (secondary N) is 1. The quantitative estimate of drug-likeness (QED) is 0.562. The van der Waals surface area contributed by atoms with Crippen molar-refractivity contribution < 1.29 is 5.11 Å². The first-order valence-corrected chi connectivity index (χ1v) is 5.99. The lowest BCUT2D eigenvalue weighted by Crippen LogP contribution is -2.21. The molecule has 1 aromatic rings. The van der Waals surface area contributed by atoms with Crippen molar-refractivity contribution in [2.45, 2.75) is 31.6 Å². The van der Waals surface area contributed by atoms with Crippen LogP contribution in [0.15, 0.2) is 17.6 Å². The molecule has 0 aliphatic carbocycles. The molecule has 0 radical (unpaired) electrons. The highest BCUT2D eigenvalue weighted by atomic mass is 32.2. The lowest BCUT2D eigenvalue weighted by molar-refractivity contribution is 0.322. The topological polar surface area (TPSA) is 58.0 Å². The molecule has 0 spiro atoms. The van der Waals surface area contributed by atoms with Gasteiger partial charge in [-0.3, -0.25) is 0 Å². The Hall–Kier alpha value is -0.650. The summed E-state index contributed by atoms with van der Waals surface area (Å²) in [6.07, 6.45) is 3.64. The molecule has 0 aliphatic rings. The molecule has 0 amide bonds. The zero-order valence-corrected chi connectivity index (χ0v) is 9.92. The molecule has 5 heteroatoms. The standard InChI is InChI=1S/C10H17N3OS/c1-8(2)11-5-9-6-12-10(13-7-9)15-4-3-14/h6-8,11,14H,3-5H2,1-2H3. The van der Waals surface area contributed by atoms with Gasteiger partial charge in [0.05, 0.1) is 6.61 Å². The minimum absolute atomic E-state index is 0.157. The molecule has 1 heterocycles. The third-order valence-electron chi connectivity index (χ3n) is 1.72. The summed E-state index contributed by atoms with van der Waals surface area (Å²) in [6.45, 7) is 5.16. The molecular weight excluding hydrogens is 210 g/mol. The Labute approximate surface area is 94.5 Å². The van der Waals surface area contributed by atoms with Crippen molar-refractivity contribution >= 4 is 11.8 Å². The Morgan fingerprint density at radius 1 is 1.40 bits per heavy atom. The van der Waals surface area contributed by atoms with Crippen LogP contribution in [0.4, 0.5) is 0 Å². The Balaban J connectivity index is 2.41. The molecule has 0 atom stereocenters. The van der Waals surface area contributed by atoms with Crippen LogP contribution in [0.25, 0.3) is 0 Å². The van der Waals surface area contributed by atoms with Crippen LogP contribution in [0.5, 0.6) is 0 Å². The predicted molar refractivity (Wildman–Crippen MR) is 61.8 cm³/mol. The molecule has 0 bridgehead atoms. The summed E-state index contributed by atoms with van der Waals surface area (Å²) >= 11 is 1.46. The van der Waals surface area contributed by atoms with Crippen molar-refractivity contribution in [2.75, 3.05) is 12.4 Å². The SMILES string of the molecule is CC(C)NCc1cnc(SCCO)nc1. The Morgan fingerprint density at radius 2 is 2.07 bits per heavy atom. The second-order valence-electron chi connectivity index (χ2n) is 3.48. The zero-order valence-electron chi connectivity index (χ0n) is 9.10. The Bertz CT molecular complexity index is 277. The normalized spacial score (nSPS) is 10.9. The van der Waals surface area contributed by atoms with E-state index in [1.54, 1.807) is 0 Å². The average molecular weight is 227 g/mol. The van der Waals surface area contributed by atoms with Gasteiger partial charge < -0.3 is 10.4 Å². The number of thioether (sulfide) groups is 1. The van der Waals surface area contributed by atoms with E-state index in [1.165, 1.54) is 11.8 Å². The minimum Gasteiger partial charge on any atom is -0.396 e. The lowest BCUT2D eigenvalue weighted by atomic mass is 10.3. The molecular formula is C10H17N3OS.